The second-order valence-electron chi connectivity index (χ2n) is 4.42. The van der Waals surface area contributed by atoms with Gasteiger partial charge in [0, 0.05) is 13.5 Å². The van der Waals surface area contributed by atoms with Crippen molar-refractivity contribution in [2.45, 2.75) is 39.0 Å². The summed E-state index contributed by atoms with van der Waals surface area (Å²) in [6.07, 6.45) is 5.35. The molecule has 1 heterocycles. The van der Waals surface area contributed by atoms with E-state index in [1.165, 1.54) is 19.3 Å². The van der Waals surface area contributed by atoms with Crippen LogP contribution in [0.3, 0.4) is 0 Å². The van der Waals surface area contributed by atoms with Crippen molar-refractivity contribution in [2.75, 3.05) is 0 Å². The molecule has 3 nitrogen and oxygen atoms in total. The summed E-state index contributed by atoms with van der Waals surface area (Å²) in [5.41, 5.74) is 1.79. The summed E-state index contributed by atoms with van der Waals surface area (Å²) in [6, 6.07) is 1.93. The Morgan fingerprint density at radius 1 is 1.60 bits per heavy atom. The van der Waals surface area contributed by atoms with Crippen LogP contribution >= 0.6 is 0 Å². The third kappa shape index (κ3) is 2.11. The van der Waals surface area contributed by atoms with Crippen LogP contribution in [0.2, 0.25) is 0 Å². The van der Waals surface area contributed by atoms with Crippen LogP contribution in [0.4, 0.5) is 0 Å². The van der Waals surface area contributed by atoms with Crippen LogP contribution in [0.15, 0.2) is 6.07 Å². The molecule has 3 heteroatoms. The van der Waals surface area contributed by atoms with E-state index in [-0.39, 0.29) is 5.78 Å². The molecular weight excluding hydrogens is 188 g/mol. The molecule has 1 aliphatic carbocycles. The molecule has 1 fully saturated rings. The fraction of sp³-hybridized carbons (Fsp3) is 0.667. The Hall–Kier alpha value is -1.12. The molecule has 0 atom stereocenters. The van der Waals surface area contributed by atoms with E-state index in [1.807, 2.05) is 13.1 Å². The zero-order valence-electron chi connectivity index (χ0n) is 9.49. The van der Waals surface area contributed by atoms with Crippen LogP contribution in [0.25, 0.3) is 0 Å². The monoisotopic (exact) mass is 206 g/mol. The van der Waals surface area contributed by atoms with Gasteiger partial charge in [0.05, 0.1) is 5.69 Å². The SMILES string of the molecule is CCc1cc(C(=O)CC2CCC2)n(C)n1. The Bertz CT molecular complexity index is 364. The molecule has 0 unspecified atom stereocenters. The van der Waals surface area contributed by atoms with E-state index in [2.05, 4.69) is 12.0 Å². The van der Waals surface area contributed by atoms with Gasteiger partial charge in [0.25, 0.3) is 0 Å². The highest BCUT2D eigenvalue weighted by atomic mass is 16.1. The number of hydrogen-bond donors (Lipinski definition) is 0. The number of aryl methyl sites for hydroxylation is 2. The number of hydrogen-bond acceptors (Lipinski definition) is 2. The highest BCUT2D eigenvalue weighted by Gasteiger charge is 2.23. The lowest BCUT2D eigenvalue weighted by molar-refractivity contribution is 0.0927. The van der Waals surface area contributed by atoms with Gasteiger partial charge in [-0.1, -0.05) is 26.2 Å². The van der Waals surface area contributed by atoms with Gasteiger partial charge in [-0.15, -0.1) is 0 Å². The lowest BCUT2D eigenvalue weighted by Crippen LogP contribution is -2.17. The lowest BCUT2D eigenvalue weighted by atomic mass is 9.81. The summed E-state index contributed by atoms with van der Waals surface area (Å²) >= 11 is 0. The largest absolute Gasteiger partial charge is 0.292 e. The molecule has 1 aliphatic rings. The number of Topliss-reactive ketones (excluding diaryl/α,β-unsaturated/α-hetero) is 1. The van der Waals surface area contributed by atoms with Gasteiger partial charge >= 0.3 is 0 Å². The normalized spacial score (nSPS) is 16.4. The Balaban J connectivity index is 2.06. The third-order valence-corrected chi connectivity index (χ3v) is 3.28. The Kier molecular flexibility index (Phi) is 2.89. The molecule has 0 radical (unpaired) electrons. The Morgan fingerprint density at radius 2 is 2.33 bits per heavy atom. The van der Waals surface area contributed by atoms with Crippen LogP contribution < -0.4 is 0 Å². The lowest BCUT2D eigenvalue weighted by Gasteiger charge is -2.24. The van der Waals surface area contributed by atoms with Crippen molar-refractivity contribution in [3.8, 4) is 0 Å². The van der Waals surface area contributed by atoms with Crippen molar-refractivity contribution < 1.29 is 4.79 Å². The Labute approximate surface area is 90.5 Å². The zero-order chi connectivity index (χ0) is 10.8. The molecule has 15 heavy (non-hydrogen) atoms. The molecular formula is C12H18N2O. The molecule has 0 spiro atoms. The average molecular weight is 206 g/mol. The minimum absolute atomic E-state index is 0.259. The van der Waals surface area contributed by atoms with E-state index in [9.17, 15) is 4.79 Å². The van der Waals surface area contributed by atoms with Gasteiger partial charge in [0.15, 0.2) is 5.78 Å². The maximum absolute atomic E-state index is 11.9. The van der Waals surface area contributed by atoms with Crippen LogP contribution in [0.1, 0.15) is 48.8 Å². The van der Waals surface area contributed by atoms with E-state index >= 15 is 0 Å². The van der Waals surface area contributed by atoms with Crippen molar-refractivity contribution in [1.82, 2.24) is 9.78 Å². The van der Waals surface area contributed by atoms with Gasteiger partial charge in [-0.2, -0.15) is 5.10 Å². The predicted molar refractivity (Wildman–Crippen MR) is 58.9 cm³/mol. The highest BCUT2D eigenvalue weighted by molar-refractivity contribution is 5.94. The van der Waals surface area contributed by atoms with E-state index in [1.54, 1.807) is 4.68 Å². The first kappa shape index (κ1) is 10.4. The van der Waals surface area contributed by atoms with Crippen molar-refractivity contribution in [3.05, 3.63) is 17.5 Å². The van der Waals surface area contributed by atoms with Gasteiger partial charge in [-0.25, -0.2) is 0 Å². The molecule has 2 rings (SSSR count). The third-order valence-electron chi connectivity index (χ3n) is 3.28. The number of carbonyl (C=O) groups excluding carboxylic acids is 1. The molecule has 0 saturated heterocycles. The molecule has 0 amide bonds. The van der Waals surface area contributed by atoms with Crippen LogP contribution in [-0.4, -0.2) is 15.6 Å². The van der Waals surface area contributed by atoms with Crippen LogP contribution in [0, 0.1) is 5.92 Å². The topological polar surface area (TPSA) is 34.9 Å². The van der Waals surface area contributed by atoms with Crippen molar-refractivity contribution in [1.29, 1.82) is 0 Å². The average Bonchev–Trinajstić information content (AvgIpc) is 2.53. The van der Waals surface area contributed by atoms with Gasteiger partial charge in [0.2, 0.25) is 0 Å². The molecule has 0 aliphatic heterocycles. The second-order valence-corrected chi connectivity index (χ2v) is 4.42. The highest BCUT2D eigenvalue weighted by Crippen LogP contribution is 2.30. The smallest absolute Gasteiger partial charge is 0.181 e. The minimum Gasteiger partial charge on any atom is -0.292 e. The van der Waals surface area contributed by atoms with Crippen LogP contribution in [-0.2, 0) is 13.5 Å². The summed E-state index contributed by atoms with van der Waals surface area (Å²) in [5, 5.41) is 4.30. The van der Waals surface area contributed by atoms with Gasteiger partial charge in [-0.3, -0.25) is 9.48 Å². The van der Waals surface area contributed by atoms with Gasteiger partial charge in [-0.05, 0) is 18.4 Å². The first-order valence-corrected chi connectivity index (χ1v) is 5.76. The van der Waals surface area contributed by atoms with E-state index < -0.39 is 0 Å². The maximum Gasteiger partial charge on any atom is 0.181 e. The summed E-state index contributed by atoms with van der Waals surface area (Å²) in [6.45, 7) is 2.06. The fourth-order valence-corrected chi connectivity index (χ4v) is 2.02. The second kappa shape index (κ2) is 4.17. The van der Waals surface area contributed by atoms with Crippen LogP contribution in [0.5, 0.6) is 0 Å². The molecule has 1 aromatic rings. The standard InChI is InChI=1S/C12H18N2O/c1-3-10-8-11(14(2)13-10)12(15)7-9-5-4-6-9/h8-9H,3-7H2,1-2H3. The number of rotatable bonds is 4. The molecule has 0 bridgehead atoms. The van der Waals surface area contributed by atoms with Crippen molar-refractivity contribution in [3.63, 3.8) is 0 Å². The quantitative estimate of drug-likeness (QED) is 0.709. The maximum atomic E-state index is 11.9. The van der Waals surface area contributed by atoms with Crippen molar-refractivity contribution in [2.24, 2.45) is 13.0 Å². The fourth-order valence-electron chi connectivity index (χ4n) is 2.02. The zero-order valence-corrected chi connectivity index (χ0v) is 9.49. The number of ketones is 1. The number of carbonyl (C=O) groups is 1. The minimum atomic E-state index is 0.259. The summed E-state index contributed by atoms with van der Waals surface area (Å²) in [4.78, 5) is 11.9. The number of nitrogens with zero attached hydrogens (tertiary/aromatic N) is 2. The summed E-state index contributed by atoms with van der Waals surface area (Å²) in [7, 11) is 1.85. The van der Waals surface area contributed by atoms with Gasteiger partial charge in [0.1, 0.15) is 5.69 Å². The molecule has 1 aromatic heterocycles. The first-order valence-electron chi connectivity index (χ1n) is 5.76. The first-order chi connectivity index (χ1) is 7.20. The summed E-state index contributed by atoms with van der Waals surface area (Å²) < 4.78 is 1.72. The molecule has 0 N–H and O–H groups in total. The predicted octanol–water partition coefficient (Wildman–Crippen LogP) is 2.36. The number of aromatic nitrogens is 2. The molecule has 0 aromatic carbocycles. The van der Waals surface area contributed by atoms with Gasteiger partial charge < -0.3 is 0 Å². The van der Waals surface area contributed by atoms with E-state index in [0.717, 1.165) is 17.8 Å². The Morgan fingerprint density at radius 3 is 2.80 bits per heavy atom. The van der Waals surface area contributed by atoms with Crippen molar-refractivity contribution >= 4 is 5.78 Å². The molecule has 82 valence electrons. The summed E-state index contributed by atoms with van der Waals surface area (Å²) in [5.74, 6) is 0.895. The van der Waals surface area contributed by atoms with E-state index in [0.29, 0.717) is 12.3 Å². The molecule has 1 saturated carbocycles. The van der Waals surface area contributed by atoms with E-state index in [4.69, 9.17) is 0 Å².